The van der Waals surface area contributed by atoms with Gasteiger partial charge in [-0.3, -0.25) is 4.79 Å². The summed E-state index contributed by atoms with van der Waals surface area (Å²) in [6, 6.07) is 8.65. The Morgan fingerprint density at radius 3 is 2.89 bits per heavy atom. The molecule has 1 aliphatic carbocycles. The third-order valence-corrected chi connectivity index (χ3v) is 7.41. The molecule has 1 amide bonds. The average molecular weight is 503 g/mol. The lowest BCUT2D eigenvalue weighted by atomic mass is 10.0. The van der Waals surface area contributed by atoms with Gasteiger partial charge >= 0.3 is 0 Å². The lowest BCUT2D eigenvalue weighted by Gasteiger charge is -2.32. The normalized spacial score (nSPS) is 19.8. The third-order valence-electron chi connectivity index (χ3n) is 7.41. The fourth-order valence-corrected chi connectivity index (χ4v) is 5.28. The van der Waals surface area contributed by atoms with E-state index in [0.717, 1.165) is 34.6 Å². The highest BCUT2D eigenvalue weighted by Gasteiger charge is 2.32. The monoisotopic (exact) mass is 502 g/mol. The Balaban J connectivity index is 1.43. The summed E-state index contributed by atoms with van der Waals surface area (Å²) in [7, 11) is 3.51. The second-order valence-electron chi connectivity index (χ2n) is 9.87. The molecule has 0 N–H and O–H groups in total. The number of hydrogen-bond acceptors (Lipinski definition) is 5. The van der Waals surface area contributed by atoms with Gasteiger partial charge in [0.2, 0.25) is 0 Å². The number of methoxy groups -OCH3 is 1. The number of carbonyl (C=O) groups excluding carboxylic acids is 1. The van der Waals surface area contributed by atoms with E-state index >= 15 is 0 Å². The number of hydrogen-bond donors (Lipinski definition) is 0. The molecule has 2 unspecified atom stereocenters. The van der Waals surface area contributed by atoms with Crippen molar-refractivity contribution < 1.29 is 13.9 Å². The molecule has 1 saturated carbocycles. The summed E-state index contributed by atoms with van der Waals surface area (Å²) in [5.41, 5.74) is 12.5. The minimum atomic E-state index is -1.26. The number of carbonyl (C=O) groups is 1. The van der Waals surface area contributed by atoms with Crippen LogP contribution in [0.15, 0.2) is 41.6 Å². The van der Waals surface area contributed by atoms with Crippen LogP contribution >= 0.6 is 0 Å². The Labute approximate surface area is 212 Å². The van der Waals surface area contributed by atoms with E-state index in [2.05, 4.69) is 31.7 Å². The van der Waals surface area contributed by atoms with E-state index < -0.39 is 12.2 Å². The van der Waals surface area contributed by atoms with Crippen LogP contribution in [0.3, 0.4) is 0 Å². The molecule has 0 radical (unpaired) electrons. The van der Waals surface area contributed by atoms with Gasteiger partial charge in [0, 0.05) is 48.7 Å². The summed E-state index contributed by atoms with van der Waals surface area (Å²) in [6.07, 6.45) is 3.11. The quantitative estimate of drug-likeness (QED) is 0.212. The smallest absolute Gasteiger partial charge is 0.254 e. The molecule has 190 valence electrons. The molecule has 1 saturated heterocycles. The van der Waals surface area contributed by atoms with Crippen LogP contribution in [0.5, 0.6) is 5.75 Å². The lowest BCUT2D eigenvalue weighted by Crippen LogP contribution is -2.46. The Kier molecular flexibility index (Phi) is 5.72. The highest BCUT2D eigenvalue weighted by Crippen LogP contribution is 2.37. The van der Waals surface area contributed by atoms with E-state index in [4.69, 9.17) is 15.3 Å². The number of amides is 1. The SMILES string of the molecule is COc1cc(C(=O)N2CCC(F)C(N=[N+]=[N-])C2)cc2nc(-c3cc4cccnc4n3CC3CC3)n(C)c12. The fourth-order valence-electron chi connectivity index (χ4n) is 5.28. The number of likely N-dealkylation sites (tertiary alicyclic amines) is 1. The number of fused-ring (bicyclic) bond motifs is 2. The summed E-state index contributed by atoms with van der Waals surface area (Å²) in [6.45, 7) is 1.17. The van der Waals surface area contributed by atoms with Gasteiger partial charge in [-0.2, -0.15) is 0 Å². The number of nitrogens with zero attached hydrogens (tertiary/aromatic N) is 8. The zero-order valence-electron chi connectivity index (χ0n) is 20.7. The first-order valence-corrected chi connectivity index (χ1v) is 12.4. The van der Waals surface area contributed by atoms with Crippen LogP contribution in [-0.2, 0) is 13.6 Å². The number of pyridine rings is 1. The molecule has 11 heteroatoms. The second-order valence-corrected chi connectivity index (χ2v) is 9.87. The van der Waals surface area contributed by atoms with Gasteiger partial charge in [0.1, 0.15) is 23.1 Å². The molecule has 37 heavy (non-hydrogen) atoms. The number of aromatic nitrogens is 4. The number of piperidine rings is 1. The van der Waals surface area contributed by atoms with E-state index in [1.54, 1.807) is 19.2 Å². The first kappa shape index (κ1) is 23.3. The van der Waals surface area contributed by atoms with Crippen LogP contribution in [0.2, 0.25) is 0 Å². The summed E-state index contributed by atoms with van der Waals surface area (Å²) >= 11 is 0. The van der Waals surface area contributed by atoms with Crippen LogP contribution in [0.4, 0.5) is 4.39 Å². The van der Waals surface area contributed by atoms with E-state index in [1.807, 2.05) is 23.9 Å². The molecular weight excluding hydrogens is 475 g/mol. The van der Waals surface area contributed by atoms with Gasteiger partial charge in [0.15, 0.2) is 5.82 Å². The van der Waals surface area contributed by atoms with Crippen molar-refractivity contribution in [3.63, 3.8) is 0 Å². The van der Waals surface area contributed by atoms with E-state index in [9.17, 15) is 9.18 Å². The Hall–Kier alpha value is -4.11. The summed E-state index contributed by atoms with van der Waals surface area (Å²) < 4.78 is 24.1. The van der Waals surface area contributed by atoms with Gasteiger partial charge in [-0.15, -0.1) is 0 Å². The fraction of sp³-hybridized carbons (Fsp3) is 0.423. The molecular formula is C26H27FN8O2. The maximum atomic E-state index is 14.2. The number of benzene rings is 1. The molecule has 0 spiro atoms. The highest BCUT2D eigenvalue weighted by molar-refractivity contribution is 6.00. The molecule has 4 aromatic rings. The van der Waals surface area contributed by atoms with Gasteiger partial charge < -0.3 is 18.8 Å². The molecule has 6 rings (SSSR count). The van der Waals surface area contributed by atoms with E-state index in [-0.39, 0.29) is 25.4 Å². The van der Waals surface area contributed by atoms with Crippen LogP contribution in [0.1, 0.15) is 29.6 Å². The van der Waals surface area contributed by atoms with Crippen molar-refractivity contribution in [2.45, 2.75) is 38.0 Å². The number of ether oxygens (including phenoxy) is 1. The van der Waals surface area contributed by atoms with Crippen molar-refractivity contribution in [2.75, 3.05) is 20.2 Å². The lowest BCUT2D eigenvalue weighted by molar-refractivity contribution is 0.0630. The number of halogens is 1. The van der Waals surface area contributed by atoms with Crippen LogP contribution in [-0.4, -0.2) is 62.3 Å². The predicted molar refractivity (Wildman–Crippen MR) is 137 cm³/mol. The Morgan fingerprint density at radius 1 is 1.30 bits per heavy atom. The number of azide groups is 1. The van der Waals surface area contributed by atoms with Gasteiger partial charge in [-0.1, -0.05) is 5.11 Å². The maximum absolute atomic E-state index is 14.2. The van der Waals surface area contributed by atoms with Crippen LogP contribution < -0.4 is 4.74 Å². The molecule has 1 aliphatic heterocycles. The molecule has 10 nitrogen and oxygen atoms in total. The van der Waals surface area contributed by atoms with Gasteiger partial charge in [0.25, 0.3) is 5.91 Å². The molecule has 2 aliphatic rings. The van der Waals surface area contributed by atoms with Gasteiger partial charge in [0.05, 0.1) is 24.4 Å². The van der Waals surface area contributed by atoms with Crippen molar-refractivity contribution in [1.29, 1.82) is 0 Å². The van der Waals surface area contributed by atoms with Gasteiger partial charge in [-0.25, -0.2) is 14.4 Å². The molecule has 1 aromatic carbocycles. The maximum Gasteiger partial charge on any atom is 0.254 e. The first-order valence-electron chi connectivity index (χ1n) is 12.4. The number of aryl methyl sites for hydroxylation is 1. The zero-order valence-corrected chi connectivity index (χ0v) is 20.7. The van der Waals surface area contributed by atoms with Crippen molar-refractivity contribution in [2.24, 2.45) is 18.1 Å². The summed E-state index contributed by atoms with van der Waals surface area (Å²) in [5, 5.41) is 4.59. The molecule has 2 fully saturated rings. The Morgan fingerprint density at radius 2 is 2.14 bits per heavy atom. The number of imidazole rings is 1. The highest BCUT2D eigenvalue weighted by atomic mass is 19.1. The Bertz CT molecular complexity index is 1570. The predicted octanol–water partition coefficient (Wildman–Crippen LogP) is 4.87. The number of alkyl halides is 1. The van der Waals surface area contributed by atoms with E-state index in [0.29, 0.717) is 22.7 Å². The summed E-state index contributed by atoms with van der Waals surface area (Å²) in [5.74, 6) is 1.66. The van der Waals surface area contributed by atoms with Crippen molar-refractivity contribution in [3.05, 3.63) is 52.5 Å². The van der Waals surface area contributed by atoms with Crippen molar-refractivity contribution in [1.82, 2.24) is 24.0 Å². The second kappa shape index (κ2) is 9.08. The largest absolute Gasteiger partial charge is 0.494 e. The average Bonchev–Trinajstić information content (AvgIpc) is 3.58. The minimum Gasteiger partial charge on any atom is -0.494 e. The van der Waals surface area contributed by atoms with Gasteiger partial charge in [-0.05, 0) is 61.0 Å². The van der Waals surface area contributed by atoms with Crippen molar-refractivity contribution >= 4 is 28.0 Å². The van der Waals surface area contributed by atoms with Crippen LogP contribution in [0, 0.1) is 5.92 Å². The summed E-state index contributed by atoms with van der Waals surface area (Å²) in [4.78, 5) is 27.3. The van der Waals surface area contributed by atoms with Crippen LogP contribution in [0.25, 0.3) is 44.0 Å². The molecule has 2 atom stereocenters. The van der Waals surface area contributed by atoms with Crippen molar-refractivity contribution in [3.8, 4) is 17.3 Å². The van der Waals surface area contributed by atoms with E-state index in [1.165, 1.54) is 17.7 Å². The zero-order chi connectivity index (χ0) is 25.7. The third kappa shape index (κ3) is 4.05. The first-order chi connectivity index (χ1) is 18.0. The topological polar surface area (TPSA) is 114 Å². The molecule has 4 heterocycles. The minimum absolute atomic E-state index is 0.0339. The molecule has 0 bridgehead atoms. The molecule has 3 aromatic heterocycles. The number of rotatable bonds is 6. The standard InChI is InChI=1S/C26H27FN8O2/c1-33-23-19(30-25(33)21-11-16-4-3-8-29-24(16)35(21)13-15-5-6-15)10-17(12-22(23)37-2)26(36)34-9-7-18(27)20(14-34)31-32-28/h3-4,8,10-12,15,18,20H,5-7,9,13-14H2,1-2H3.